The van der Waals surface area contributed by atoms with Crippen molar-refractivity contribution in [2.45, 2.75) is 18.6 Å². The van der Waals surface area contributed by atoms with E-state index >= 15 is 0 Å². The summed E-state index contributed by atoms with van der Waals surface area (Å²) in [6, 6.07) is 5.17. The first-order valence-electron chi connectivity index (χ1n) is 8.94. The summed E-state index contributed by atoms with van der Waals surface area (Å²) in [5, 5.41) is 10.7. The van der Waals surface area contributed by atoms with Crippen molar-refractivity contribution in [3.63, 3.8) is 0 Å². The van der Waals surface area contributed by atoms with E-state index in [0.29, 0.717) is 41.7 Å². The van der Waals surface area contributed by atoms with Crippen LogP contribution in [0, 0.1) is 6.92 Å². The fourth-order valence-electron chi connectivity index (χ4n) is 2.80. The molecule has 1 amide bonds. The fourth-order valence-corrected chi connectivity index (χ4v) is 3.38. The maximum absolute atomic E-state index is 12.2. The second-order valence-electron chi connectivity index (χ2n) is 6.35. The summed E-state index contributed by atoms with van der Waals surface area (Å²) in [5.41, 5.74) is 0.250. The van der Waals surface area contributed by atoms with Gasteiger partial charge < -0.3 is 24.2 Å². The molecule has 11 nitrogen and oxygen atoms in total. The minimum absolute atomic E-state index is 0.0499. The van der Waals surface area contributed by atoms with Crippen LogP contribution in [0.4, 0.5) is 5.69 Å². The quantitative estimate of drug-likeness (QED) is 0.482. The van der Waals surface area contributed by atoms with Gasteiger partial charge in [-0.25, -0.2) is 4.79 Å². The van der Waals surface area contributed by atoms with Gasteiger partial charge in [0.05, 0.1) is 12.2 Å². The van der Waals surface area contributed by atoms with Crippen molar-refractivity contribution in [2.24, 2.45) is 0 Å². The first-order chi connectivity index (χ1) is 14.5. The third kappa shape index (κ3) is 4.54. The number of hydrogen-bond acceptors (Lipinski definition) is 9. The Balaban J connectivity index is 1.34. The van der Waals surface area contributed by atoms with Crippen LogP contribution in [0.1, 0.15) is 17.1 Å². The molecular weight excluding hydrogens is 414 g/mol. The highest BCUT2D eigenvalue weighted by Gasteiger charge is 2.15. The Hall–Kier alpha value is -3.54. The molecule has 0 spiro atoms. The number of nitrogens with one attached hydrogen (secondary N) is 3. The number of aromatic nitrogens is 4. The molecule has 30 heavy (non-hydrogen) atoms. The van der Waals surface area contributed by atoms with E-state index in [-0.39, 0.29) is 29.2 Å². The lowest BCUT2D eigenvalue weighted by molar-refractivity contribution is -0.113. The fraction of sp³-hybridized carbons (Fsp3) is 0.278. The van der Waals surface area contributed by atoms with Gasteiger partial charge in [0.25, 0.3) is 10.8 Å². The van der Waals surface area contributed by atoms with E-state index in [1.807, 2.05) is 0 Å². The molecule has 0 saturated heterocycles. The minimum atomic E-state index is -0.577. The van der Waals surface area contributed by atoms with E-state index in [1.165, 1.54) is 0 Å². The molecule has 1 aliphatic heterocycles. The van der Waals surface area contributed by atoms with Crippen LogP contribution in [0.3, 0.4) is 0 Å². The van der Waals surface area contributed by atoms with Gasteiger partial charge in [0.15, 0.2) is 11.5 Å². The van der Waals surface area contributed by atoms with E-state index in [0.717, 1.165) is 11.8 Å². The van der Waals surface area contributed by atoms with Gasteiger partial charge in [-0.15, -0.1) is 10.2 Å². The van der Waals surface area contributed by atoms with Gasteiger partial charge >= 0.3 is 5.69 Å². The SMILES string of the molecule is Cc1[nH]c(=O)[nH]c(=O)c1Cc1nnc(SCC(=O)Nc2ccc3c(c2)OCCO3)o1. The number of thioether (sulfide) groups is 1. The van der Waals surface area contributed by atoms with Crippen LogP contribution in [0.2, 0.25) is 0 Å². The maximum Gasteiger partial charge on any atom is 0.325 e. The zero-order valence-corrected chi connectivity index (χ0v) is 16.6. The summed E-state index contributed by atoms with van der Waals surface area (Å²) >= 11 is 1.07. The first kappa shape index (κ1) is 19.8. The summed E-state index contributed by atoms with van der Waals surface area (Å²) in [7, 11) is 0. The van der Waals surface area contributed by atoms with Crippen molar-refractivity contribution in [1.29, 1.82) is 0 Å². The van der Waals surface area contributed by atoms with Gasteiger partial charge in [-0.1, -0.05) is 11.8 Å². The lowest BCUT2D eigenvalue weighted by Gasteiger charge is -2.18. The Bertz CT molecular complexity index is 1200. The van der Waals surface area contributed by atoms with Crippen LogP contribution < -0.4 is 26.0 Å². The zero-order valence-electron chi connectivity index (χ0n) is 15.8. The van der Waals surface area contributed by atoms with Crippen molar-refractivity contribution >= 4 is 23.4 Å². The molecule has 0 aliphatic carbocycles. The molecule has 0 atom stereocenters. The molecule has 12 heteroatoms. The first-order valence-corrected chi connectivity index (χ1v) is 9.93. The van der Waals surface area contributed by atoms with Crippen molar-refractivity contribution in [3.05, 3.63) is 56.2 Å². The number of fused-ring (bicyclic) bond motifs is 1. The number of aromatic amines is 2. The normalized spacial score (nSPS) is 12.6. The molecule has 156 valence electrons. The average molecular weight is 431 g/mol. The summed E-state index contributed by atoms with van der Waals surface area (Å²) in [6.07, 6.45) is 0.0644. The maximum atomic E-state index is 12.2. The van der Waals surface area contributed by atoms with E-state index in [4.69, 9.17) is 13.9 Å². The number of hydrogen-bond donors (Lipinski definition) is 3. The third-order valence-corrected chi connectivity index (χ3v) is 5.00. The molecular formula is C18H17N5O6S. The predicted octanol–water partition coefficient (Wildman–Crippen LogP) is 0.847. The molecule has 1 aliphatic rings. The minimum Gasteiger partial charge on any atom is -0.486 e. The standard InChI is InChI=1S/C18H17N5O6S/c1-9-11(16(25)21-17(26)19-9)7-15-22-23-18(29-15)30-8-14(24)20-10-2-3-12-13(6-10)28-5-4-27-12/h2-3,6H,4-5,7-8H2,1H3,(H,20,24)(H2,19,21,25,26). The Labute approximate surface area is 173 Å². The number of nitrogens with zero attached hydrogens (tertiary/aromatic N) is 2. The Morgan fingerprint density at radius 2 is 1.97 bits per heavy atom. The molecule has 2 aromatic heterocycles. The highest BCUT2D eigenvalue weighted by molar-refractivity contribution is 7.99. The Morgan fingerprint density at radius 3 is 2.77 bits per heavy atom. The highest BCUT2D eigenvalue weighted by Crippen LogP contribution is 2.32. The van der Waals surface area contributed by atoms with Crippen LogP contribution >= 0.6 is 11.8 Å². The van der Waals surface area contributed by atoms with Crippen molar-refractivity contribution in [2.75, 3.05) is 24.3 Å². The van der Waals surface area contributed by atoms with Crippen LogP contribution in [0.25, 0.3) is 0 Å². The lowest BCUT2D eigenvalue weighted by Crippen LogP contribution is -2.27. The molecule has 1 aromatic carbocycles. The molecule has 0 fully saturated rings. The molecule has 3 aromatic rings. The second-order valence-corrected chi connectivity index (χ2v) is 7.27. The monoisotopic (exact) mass is 431 g/mol. The lowest BCUT2D eigenvalue weighted by atomic mass is 10.2. The zero-order chi connectivity index (χ0) is 21.1. The highest BCUT2D eigenvalue weighted by atomic mass is 32.2. The van der Waals surface area contributed by atoms with Crippen molar-refractivity contribution < 1.29 is 18.7 Å². The van der Waals surface area contributed by atoms with Crippen molar-refractivity contribution in [1.82, 2.24) is 20.2 Å². The topological polar surface area (TPSA) is 152 Å². The van der Waals surface area contributed by atoms with Gasteiger partial charge in [-0.05, 0) is 19.1 Å². The number of anilines is 1. The third-order valence-electron chi connectivity index (χ3n) is 4.18. The van der Waals surface area contributed by atoms with E-state index in [1.54, 1.807) is 25.1 Å². The number of carbonyl (C=O) groups excluding carboxylic acids is 1. The second kappa shape index (κ2) is 8.45. The summed E-state index contributed by atoms with van der Waals surface area (Å²) in [5.74, 6) is 1.22. The smallest absolute Gasteiger partial charge is 0.325 e. The number of amides is 1. The number of ether oxygens (including phenoxy) is 2. The summed E-state index contributed by atoms with van der Waals surface area (Å²) in [4.78, 5) is 40.0. The van der Waals surface area contributed by atoms with Crippen molar-refractivity contribution in [3.8, 4) is 11.5 Å². The number of aryl methyl sites for hydroxylation is 1. The van der Waals surface area contributed by atoms with Crippen LogP contribution in [0.15, 0.2) is 37.4 Å². The number of H-pyrrole nitrogens is 2. The largest absolute Gasteiger partial charge is 0.486 e. The molecule has 4 rings (SSSR count). The Kier molecular flexibility index (Phi) is 5.57. The van der Waals surface area contributed by atoms with Gasteiger partial charge in [0, 0.05) is 23.0 Å². The van der Waals surface area contributed by atoms with Gasteiger partial charge in [-0.3, -0.25) is 14.6 Å². The van der Waals surface area contributed by atoms with Gasteiger partial charge in [0.1, 0.15) is 13.2 Å². The van der Waals surface area contributed by atoms with Gasteiger partial charge in [-0.2, -0.15) is 0 Å². The molecule has 3 heterocycles. The molecule has 3 N–H and O–H groups in total. The number of rotatable bonds is 6. The van der Waals surface area contributed by atoms with Crippen LogP contribution in [-0.2, 0) is 11.2 Å². The molecule has 0 saturated carbocycles. The molecule has 0 radical (unpaired) electrons. The molecule has 0 bridgehead atoms. The van der Waals surface area contributed by atoms with E-state index in [9.17, 15) is 14.4 Å². The predicted molar refractivity (Wildman–Crippen MR) is 106 cm³/mol. The summed E-state index contributed by atoms with van der Waals surface area (Å²) in [6.45, 7) is 2.57. The number of benzene rings is 1. The van der Waals surface area contributed by atoms with E-state index < -0.39 is 11.2 Å². The number of carbonyl (C=O) groups is 1. The summed E-state index contributed by atoms with van der Waals surface area (Å²) < 4.78 is 16.4. The Morgan fingerprint density at radius 1 is 1.17 bits per heavy atom. The molecule has 0 unspecified atom stereocenters. The van der Waals surface area contributed by atoms with Crippen LogP contribution in [-0.4, -0.2) is 45.0 Å². The van der Waals surface area contributed by atoms with Gasteiger partial charge in [0.2, 0.25) is 11.8 Å². The van der Waals surface area contributed by atoms with E-state index in [2.05, 4.69) is 25.5 Å². The van der Waals surface area contributed by atoms with Crippen LogP contribution in [0.5, 0.6) is 11.5 Å². The average Bonchev–Trinajstić information content (AvgIpc) is 3.17.